The summed E-state index contributed by atoms with van der Waals surface area (Å²) in [5, 5.41) is 12.8. The fraction of sp³-hybridized carbons (Fsp3) is 0.133. The quantitative estimate of drug-likeness (QED) is 0.216. The van der Waals surface area contributed by atoms with Gasteiger partial charge in [0.05, 0.1) is 12.1 Å². The minimum atomic E-state index is -0.623. The number of hydrogen-bond acceptors (Lipinski definition) is 4. The highest BCUT2D eigenvalue weighted by molar-refractivity contribution is 5.97. The molecule has 0 bridgehead atoms. The van der Waals surface area contributed by atoms with Gasteiger partial charge in [0.1, 0.15) is 0 Å². The lowest BCUT2D eigenvalue weighted by Gasteiger charge is -2.33. The van der Waals surface area contributed by atoms with E-state index in [2.05, 4.69) is 0 Å². The van der Waals surface area contributed by atoms with Crippen molar-refractivity contribution in [1.29, 1.82) is 0 Å². The van der Waals surface area contributed by atoms with Crippen molar-refractivity contribution in [2.24, 2.45) is 0 Å². The van der Waals surface area contributed by atoms with Crippen LogP contribution < -0.4 is 0 Å². The first-order valence-corrected chi connectivity index (χ1v) is 11.4. The first-order chi connectivity index (χ1) is 16.6. The molecule has 0 aliphatic carbocycles. The summed E-state index contributed by atoms with van der Waals surface area (Å²) >= 11 is 0. The summed E-state index contributed by atoms with van der Waals surface area (Å²) in [5.41, 5.74) is 2.80. The molecule has 0 fully saturated rings. The van der Waals surface area contributed by atoms with Crippen LogP contribution in [-0.4, -0.2) is 21.8 Å². The summed E-state index contributed by atoms with van der Waals surface area (Å²) in [6.45, 7) is 0. The van der Waals surface area contributed by atoms with Gasteiger partial charge in [-0.25, -0.2) is 0 Å². The van der Waals surface area contributed by atoms with E-state index in [4.69, 9.17) is 0 Å². The van der Waals surface area contributed by atoms with Crippen LogP contribution in [0, 0.1) is 0 Å². The summed E-state index contributed by atoms with van der Waals surface area (Å²) in [6, 6.07) is 35.8. The molecule has 0 saturated heterocycles. The molecular formula is C30H27NO3. The Morgan fingerprint density at radius 1 is 0.529 bits per heavy atom. The molecule has 0 aromatic heterocycles. The van der Waals surface area contributed by atoms with Gasteiger partial charge in [0.15, 0.2) is 11.6 Å². The number of rotatable bonds is 10. The van der Waals surface area contributed by atoms with Gasteiger partial charge < -0.3 is 5.21 Å². The standard InChI is InChI=1S/C30H27NO3/c32-29(25-17-9-3-10-18-25)21-27(23-13-5-1-6-14-23)31(34)28(24-15-7-2-8-16-24)22-30(33)26-19-11-4-12-20-26/h1-20,27-28,34H,21-22H2/t27-,28-/m0/s1. The average Bonchev–Trinajstić information content (AvgIpc) is 2.91. The Balaban J connectivity index is 1.68. The Hall–Kier alpha value is -3.86. The van der Waals surface area contributed by atoms with E-state index in [1.54, 1.807) is 24.3 Å². The SMILES string of the molecule is O=C(C[C@@H](c1ccccc1)N(O)[C@@H](CC(=O)c1ccccc1)c1ccccc1)c1ccccc1. The number of carbonyl (C=O) groups is 2. The molecule has 34 heavy (non-hydrogen) atoms. The predicted octanol–water partition coefficient (Wildman–Crippen LogP) is 6.71. The zero-order valence-electron chi connectivity index (χ0n) is 18.8. The fourth-order valence-electron chi connectivity index (χ4n) is 4.13. The second-order valence-corrected chi connectivity index (χ2v) is 8.22. The van der Waals surface area contributed by atoms with E-state index in [0.29, 0.717) is 11.1 Å². The highest BCUT2D eigenvalue weighted by atomic mass is 16.5. The molecule has 4 nitrogen and oxygen atoms in total. The van der Waals surface area contributed by atoms with Crippen molar-refractivity contribution in [3.63, 3.8) is 0 Å². The molecule has 0 heterocycles. The Morgan fingerprint density at radius 2 is 0.824 bits per heavy atom. The van der Waals surface area contributed by atoms with Gasteiger partial charge in [-0.15, -0.1) is 0 Å². The molecule has 2 atom stereocenters. The molecule has 0 aliphatic heterocycles. The van der Waals surface area contributed by atoms with Crippen molar-refractivity contribution < 1.29 is 14.8 Å². The van der Waals surface area contributed by atoms with Gasteiger partial charge in [-0.3, -0.25) is 9.59 Å². The van der Waals surface area contributed by atoms with Crippen LogP contribution in [-0.2, 0) is 0 Å². The molecule has 4 aromatic carbocycles. The summed E-state index contributed by atoms with van der Waals surface area (Å²) in [5.74, 6) is -0.149. The zero-order chi connectivity index (χ0) is 23.8. The number of ketones is 2. The van der Waals surface area contributed by atoms with Crippen LogP contribution in [0.15, 0.2) is 121 Å². The highest BCUT2D eigenvalue weighted by Crippen LogP contribution is 2.35. The maximum absolute atomic E-state index is 13.1. The van der Waals surface area contributed by atoms with E-state index in [-0.39, 0.29) is 24.4 Å². The lowest BCUT2D eigenvalue weighted by molar-refractivity contribution is -0.163. The smallest absolute Gasteiger partial charge is 0.164 e. The second kappa shape index (κ2) is 11.3. The Morgan fingerprint density at radius 3 is 1.15 bits per heavy atom. The van der Waals surface area contributed by atoms with Crippen LogP contribution in [0.4, 0.5) is 0 Å². The van der Waals surface area contributed by atoms with Crippen molar-refractivity contribution in [2.45, 2.75) is 24.9 Å². The Labute approximate surface area is 200 Å². The maximum Gasteiger partial charge on any atom is 0.164 e. The Kier molecular flexibility index (Phi) is 7.76. The summed E-state index contributed by atoms with van der Waals surface area (Å²) < 4.78 is 0. The van der Waals surface area contributed by atoms with Crippen LogP contribution in [0.1, 0.15) is 56.8 Å². The number of carbonyl (C=O) groups excluding carboxylic acids is 2. The van der Waals surface area contributed by atoms with Crippen LogP contribution >= 0.6 is 0 Å². The third kappa shape index (κ3) is 5.73. The third-order valence-electron chi connectivity index (χ3n) is 5.96. The number of nitrogens with zero attached hydrogens (tertiary/aromatic N) is 1. The van der Waals surface area contributed by atoms with Gasteiger partial charge in [-0.2, -0.15) is 5.06 Å². The van der Waals surface area contributed by atoms with Gasteiger partial charge in [-0.05, 0) is 11.1 Å². The van der Waals surface area contributed by atoms with Gasteiger partial charge >= 0.3 is 0 Å². The monoisotopic (exact) mass is 449 g/mol. The molecule has 170 valence electrons. The van der Waals surface area contributed by atoms with E-state index in [0.717, 1.165) is 11.1 Å². The fourth-order valence-corrected chi connectivity index (χ4v) is 4.13. The van der Waals surface area contributed by atoms with E-state index >= 15 is 0 Å². The normalized spacial score (nSPS) is 12.8. The minimum absolute atomic E-state index is 0.0744. The molecule has 4 rings (SSSR count). The largest absolute Gasteiger partial charge is 0.313 e. The lowest BCUT2D eigenvalue weighted by Crippen LogP contribution is -2.33. The molecule has 1 N–H and O–H groups in total. The zero-order valence-corrected chi connectivity index (χ0v) is 18.8. The summed E-state index contributed by atoms with van der Waals surface area (Å²) in [4.78, 5) is 26.3. The molecule has 0 unspecified atom stereocenters. The molecule has 0 spiro atoms. The van der Waals surface area contributed by atoms with Crippen LogP contribution in [0.3, 0.4) is 0 Å². The minimum Gasteiger partial charge on any atom is -0.313 e. The van der Waals surface area contributed by atoms with Crippen LogP contribution in [0.5, 0.6) is 0 Å². The Bertz CT molecular complexity index is 1100. The van der Waals surface area contributed by atoms with Crippen molar-refractivity contribution in [3.8, 4) is 0 Å². The summed E-state index contributed by atoms with van der Waals surface area (Å²) in [7, 11) is 0. The number of hydroxylamine groups is 2. The van der Waals surface area contributed by atoms with Crippen molar-refractivity contribution in [1.82, 2.24) is 5.06 Å². The molecular weight excluding hydrogens is 422 g/mol. The molecule has 4 heteroatoms. The second-order valence-electron chi connectivity index (χ2n) is 8.22. The van der Waals surface area contributed by atoms with E-state index in [9.17, 15) is 14.8 Å². The van der Waals surface area contributed by atoms with E-state index in [1.165, 1.54) is 5.06 Å². The van der Waals surface area contributed by atoms with Gasteiger partial charge in [0.2, 0.25) is 0 Å². The van der Waals surface area contributed by atoms with Crippen molar-refractivity contribution >= 4 is 11.6 Å². The molecule has 0 amide bonds. The number of Topliss-reactive ketones (excluding diaryl/α,β-unsaturated/α-hetero) is 2. The van der Waals surface area contributed by atoms with Crippen LogP contribution in [0.2, 0.25) is 0 Å². The van der Waals surface area contributed by atoms with E-state index < -0.39 is 12.1 Å². The third-order valence-corrected chi connectivity index (χ3v) is 5.96. The van der Waals surface area contributed by atoms with Crippen molar-refractivity contribution in [2.75, 3.05) is 0 Å². The van der Waals surface area contributed by atoms with Gasteiger partial charge in [0.25, 0.3) is 0 Å². The first kappa shape index (κ1) is 23.3. The van der Waals surface area contributed by atoms with Crippen molar-refractivity contribution in [3.05, 3.63) is 144 Å². The molecule has 0 saturated carbocycles. The highest BCUT2D eigenvalue weighted by Gasteiger charge is 2.31. The topological polar surface area (TPSA) is 57.6 Å². The molecule has 0 aliphatic rings. The average molecular weight is 450 g/mol. The predicted molar refractivity (Wildman–Crippen MR) is 133 cm³/mol. The molecule has 4 aromatic rings. The molecule has 0 radical (unpaired) electrons. The summed E-state index contributed by atoms with van der Waals surface area (Å²) in [6.07, 6.45) is 0.154. The number of hydrogen-bond donors (Lipinski definition) is 1. The van der Waals surface area contributed by atoms with Gasteiger partial charge in [0, 0.05) is 24.0 Å². The lowest BCUT2D eigenvalue weighted by atomic mass is 9.92. The van der Waals surface area contributed by atoms with Crippen LogP contribution in [0.25, 0.3) is 0 Å². The van der Waals surface area contributed by atoms with E-state index in [1.807, 2.05) is 97.1 Å². The number of benzene rings is 4. The first-order valence-electron chi connectivity index (χ1n) is 11.4. The maximum atomic E-state index is 13.1. The van der Waals surface area contributed by atoms with Gasteiger partial charge in [-0.1, -0.05) is 121 Å².